The first-order valence-electron chi connectivity index (χ1n) is 5.17. The number of hydrogen-bond acceptors (Lipinski definition) is 5. The van der Waals surface area contributed by atoms with Gasteiger partial charge in [-0.25, -0.2) is 0 Å². The van der Waals surface area contributed by atoms with Crippen molar-refractivity contribution in [3.8, 4) is 0 Å². The maximum Gasteiger partial charge on any atom is 0.0895 e. The van der Waals surface area contributed by atoms with E-state index in [2.05, 4.69) is 47.6 Å². The maximum atomic E-state index is 4.02. The summed E-state index contributed by atoms with van der Waals surface area (Å²) >= 11 is 1.41. The zero-order valence-corrected chi connectivity index (χ0v) is 10.8. The summed E-state index contributed by atoms with van der Waals surface area (Å²) < 4.78 is 3.84. The van der Waals surface area contributed by atoms with Crippen LogP contribution in [0.15, 0.2) is 5.38 Å². The SMILES string of the molecule is CN(CCNC(C)(C)C)Cc1csnn1. The highest BCUT2D eigenvalue weighted by Crippen LogP contribution is 2.01. The van der Waals surface area contributed by atoms with Crippen molar-refractivity contribution < 1.29 is 0 Å². The number of aromatic nitrogens is 2. The van der Waals surface area contributed by atoms with Crippen molar-refractivity contribution in [1.29, 1.82) is 0 Å². The van der Waals surface area contributed by atoms with Crippen LogP contribution in [0.5, 0.6) is 0 Å². The van der Waals surface area contributed by atoms with Crippen LogP contribution in [-0.4, -0.2) is 40.2 Å². The molecule has 1 aromatic heterocycles. The lowest BCUT2D eigenvalue weighted by molar-refractivity contribution is 0.300. The van der Waals surface area contributed by atoms with Crippen LogP contribution in [0.4, 0.5) is 0 Å². The molecule has 0 aliphatic rings. The van der Waals surface area contributed by atoms with Gasteiger partial charge in [-0.15, -0.1) is 5.10 Å². The molecule has 86 valence electrons. The third-order valence-electron chi connectivity index (χ3n) is 1.99. The highest BCUT2D eigenvalue weighted by Gasteiger charge is 2.08. The zero-order chi connectivity index (χ0) is 11.3. The Kier molecular flexibility index (Phi) is 4.63. The first kappa shape index (κ1) is 12.5. The lowest BCUT2D eigenvalue weighted by atomic mass is 10.1. The van der Waals surface area contributed by atoms with Gasteiger partial charge < -0.3 is 5.32 Å². The summed E-state index contributed by atoms with van der Waals surface area (Å²) in [6, 6.07) is 0. The predicted molar refractivity (Wildman–Crippen MR) is 64.0 cm³/mol. The van der Waals surface area contributed by atoms with E-state index in [-0.39, 0.29) is 5.54 Å². The van der Waals surface area contributed by atoms with Crippen molar-refractivity contribution >= 4 is 11.5 Å². The molecule has 0 amide bonds. The molecule has 1 aromatic rings. The number of rotatable bonds is 5. The van der Waals surface area contributed by atoms with Gasteiger partial charge in [0.2, 0.25) is 0 Å². The molecule has 4 nitrogen and oxygen atoms in total. The highest BCUT2D eigenvalue weighted by molar-refractivity contribution is 7.03. The second kappa shape index (κ2) is 5.53. The second-order valence-corrected chi connectivity index (χ2v) is 5.42. The Bertz CT molecular complexity index is 265. The van der Waals surface area contributed by atoms with Crippen molar-refractivity contribution in [3.63, 3.8) is 0 Å². The second-order valence-electron chi connectivity index (χ2n) is 4.81. The molecule has 1 rings (SSSR count). The average Bonchev–Trinajstić information content (AvgIpc) is 2.54. The summed E-state index contributed by atoms with van der Waals surface area (Å²) in [5.41, 5.74) is 1.25. The molecule has 0 spiro atoms. The van der Waals surface area contributed by atoms with Gasteiger partial charge in [-0.1, -0.05) is 4.49 Å². The molecule has 0 atom stereocenters. The molecule has 15 heavy (non-hydrogen) atoms. The molecule has 0 bridgehead atoms. The van der Waals surface area contributed by atoms with Gasteiger partial charge in [-0.3, -0.25) is 4.90 Å². The van der Waals surface area contributed by atoms with Crippen LogP contribution < -0.4 is 5.32 Å². The van der Waals surface area contributed by atoms with Crippen LogP contribution in [-0.2, 0) is 6.54 Å². The molecular formula is C10H20N4S. The van der Waals surface area contributed by atoms with Crippen LogP contribution in [0.3, 0.4) is 0 Å². The predicted octanol–water partition coefficient (Wildman–Crippen LogP) is 1.36. The average molecular weight is 228 g/mol. The molecule has 0 aliphatic heterocycles. The Balaban J connectivity index is 2.17. The van der Waals surface area contributed by atoms with Crippen LogP contribution in [0.2, 0.25) is 0 Å². The highest BCUT2D eigenvalue weighted by atomic mass is 32.1. The van der Waals surface area contributed by atoms with E-state index in [0.29, 0.717) is 0 Å². The monoisotopic (exact) mass is 228 g/mol. The molecule has 0 unspecified atom stereocenters. The quantitative estimate of drug-likeness (QED) is 0.826. The van der Waals surface area contributed by atoms with Gasteiger partial charge in [0.15, 0.2) is 0 Å². The fourth-order valence-electron chi connectivity index (χ4n) is 1.23. The van der Waals surface area contributed by atoms with Gasteiger partial charge in [0.1, 0.15) is 0 Å². The number of nitrogens with one attached hydrogen (secondary N) is 1. The maximum absolute atomic E-state index is 4.02. The summed E-state index contributed by atoms with van der Waals surface area (Å²) in [5.74, 6) is 0. The Morgan fingerprint density at radius 3 is 2.73 bits per heavy atom. The van der Waals surface area contributed by atoms with E-state index >= 15 is 0 Å². The standard InChI is InChI=1S/C10H20N4S/c1-10(2,3)11-5-6-14(4)7-9-8-15-13-12-9/h8,11H,5-7H2,1-4H3. The molecule has 0 saturated heterocycles. The van der Waals surface area contributed by atoms with Gasteiger partial charge in [-0.05, 0) is 39.4 Å². The number of likely N-dealkylation sites (N-methyl/N-ethyl adjacent to an activating group) is 1. The van der Waals surface area contributed by atoms with Crippen LogP contribution >= 0.6 is 11.5 Å². The topological polar surface area (TPSA) is 41.0 Å². The van der Waals surface area contributed by atoms with Crippen LogP contribution in [0.1, 0.15) is 26.5 Å². The van der Waals surface area contributed by atoms with Gasteiger partial charge >= 0.3 is 0 Å². The molecule has 0 radical (unpaired) electrons. The van der Waals surface area contributed by atoms with Gasteiger partial charge in [0.25, 0.3) is 0 Å². The summed E-state index contributed by atoms with van der Waals surface area (Å²) in [7, 11) is 2.10. The molecular weight excluding hydrogens is 208 g/mol. The van der Waals surface area contributed by atoms with E-state index in [1.54, 1.807) is 0 Å². The van der Waals surface area contributed by atoms with E-state index in [4.69, 9.17) is 0 Å². The van der Waals surface area contributed by atoms with E-state index < -0.39 is 0 Å². The molecule has 0 aliphatic carbocycles. The summed E-state index contributed by atoms with van der Waals surface area (Å²) in [5, 5.41) is 9.47. The van der Waals surface area contributed by atoms with E-state index in [9.17, 15) is 0 Å². The number of nitrogens with zero attached hydrogens (tertiary/aromatic N) is 3. The van der Waals surface area contributed by atoms with Crippen molar-refractivity contribution in [2.24, 2.45) is 0 Å². The minimum Gasteiger partial charge on any atom is -0.311 e. The molecule has 5 heteroatoms. The Morgan fingerprint density at radius 1 is 1.47 bits per heavy atom. The lowest BCUT2D eigenvalue weighted by Crippen LogP contribution is -2.40. The largest absolute Gasteiger partial charge is 0.311 e. The van der Waals surface area contributed by atoms with Crippen LogP contribution in [0.25, 0.3) is 0 Å². The van der Waals surface area contributed by atoms with E-state index in [1.807, 2.05) is 5.38 Å². The Hall–Kier alpha value is -0.520. The minimum absolute atomic E-state index is 0.197. The first-order valence-corrected chi connectivity index (χ1v) is 6.00. The smallest absolute Gasteiger partial charge is 0.0895 e. The van der Waals surface area contributed by atoms with Crippen molar-refractivity contribution in [2.75, 3.05) is 20.1 Å². The zero-order valence-electron chi connectivity index (χ0n) is 9.95. The fourth-order valence-corrected chi connectivity index (χ4v) is 1.67. The van der Waals surface area contributed by atoms with Gasteiger partial charge in [0, 0.05) is 30.6 Å². The van der Waals surface area contributed by atoms with Crippen molar-refractivity contribution in [3.05, 3.63) is 11.1 Å². The summed E-state index contributed by atoms with van der Waals surface area (Å²) in [4.78, 5) is 2.25. The summed E-state index contributed by atoms with van der Waals surface area (Å²) in [6.45, 7) is 9.43. The normalized spacial score (nSPS) is 12.3. The van der Waals surface area contributed by atoms with Crippen molar-refractivity contribution in [1.82, 2.24) is 19.8 Å². The molecule has 0 fully saturated rings. The fraction of sp³-hybridized carbons (Fsp3) is 0.800. The van der Waals surface area contributed by atoms with E-state index in [0.717, 1.165) is 25.3 Å². The van der Waals surface area contributed by atoms with Crippen molar-refractivity contribution in [2.45, 2.75) is 32.9 Å². The molecule has 1 heterocycles. The van der Waals surface area contributed by atoms with Crippen LogP contribution in [0, 0.1) is 0 Å². The molecule has 0 saturated carbocycles. The van der Waals surface area contributed by atoms with Gasteiger partial charge in [0.05, 0.1) is 5.69 Å². The third kappa shape index (κ3) is 5.81. The molecule has 0 aromatic carbocycles. The number of hydrogen-bond donors (Lipinski definition) is 1. The third-order valence-corrected chi connectivity index (χ3v) is 2.54. The summed E-state index contributed by atoms with van der Waals surface area (Å²) in [6.07, 6.45) is 0. The first-order chi connectivity index (χ1) is 6.97. The Morgan fingerprint density at radius 2 is 2.20 bits per heavy atom. The van der Waals surface area contributed by atoms with E-state index in [1.165, 1.54) is 11.5 Å². The molecule has 1 N–H and O–H groups in total. The minimum atomic E-state index is 0.197. The Labute approximate surface area is 95.8 Å². The van der Waals surface area contributed by atoms with Gasteiger partial charge in [-0.2, -0.15) is 0 Å². The lowest BCUT2D eigenvalue weighted by Gasteiger charge is -2.23.